The van der Waals surface area contributed by atoms with Crippen LogP contribution in [0.2, 0.25) is 0 Å². The lowest BCUT2D eigenvalue weighted by atomic mass is 9.90. The van der Waals surface area contributed by atoms with Crippen LogP contribution in [0.5, 0.6) is 0 Å². The third-order valence-corrected chi connectivity index (χ3v) is 2.81. The summed E-state index contributed by atoms with van der Waals surface area (Å²) >= 11 is 0. The van der Waals surface area contributed by atoms with E-state index in [9.17, 15) is 74.6 Å². The van der Waals surface area contributed by atoms with Crippen LogP contribution in [0, 0.1) is 0 Å². The van der Waals surface area contributed by atoms with E-state index in [1.54, 1.807) is 0 Å². The quantitative estimate of drug-likeness (QED) is 0.317. The Hall–Kier alpha value is -1.27. The van der Waals surface area contributed by atoms with Gasteiger partial charge >= 0.3 is 47.8 Å². The van der Waals surface area contributed by atoms with Crippen molar-refractivity contribution in [3.63, 3.8) is 0 Å². The fraction of sp³-hybridized carbons (Fsp3) is 1.00. The van der Waals surface area contributed by atoms with E-state index in [-0.39, 0.29) is 0 Å². The number of halogens is 17. The average Bonchev–Trinajstić information content (AvgIpc) is 2.44. The summed E-state index contributed by atoms with van der Waals surface area (Å²) in [6.07, 6.45) is -15.0. The predicted molar refractivity (Wildman–Crippen MR) is 44.4 cm³/mol. The van der Waals surface area contributed by atoms with Gasteiger partial charge in [0.2, 0.25) is 0 Å². The third kappa shape index (κ3) is 3.05. The first-order chi connectivity index (χ1) is 11.3. The second-order valence-corrected chi connectivity index (χ2v) is 4.55. The van der Waals surface area contributed by atoms with Crippen LogP contribution in [-0.2, 0) is 4.89 Å². The van der Waals surface area contributed by atoms with Crippen molar-refractivity contribution in [2.75, 3.05) is 0 Å². The normalized spacial score (nSPS) is 16.7. The Bertz CT molecular complexity index is 546. The second kappa shape index (κ2) is 6.11. The Kier molecular flexibility index (Phi) is 5.83. The molecule has 0 spiro atoms. The van der Waals surface area contributed by atoms with Crippen LogP contribution in [0.4, 0.5) is 74.6 Å². The highest BCUT2D eigenvalue weighted by Gasteiger charge is 2.95. The lowest BCUT2D eigenvalue weighted by Crippen LogP contribution is -2.74. The third-order valence-electron chi connectivity index (χ3n) is 2.81. The molecule has 0 aromatic rings. The zero-order valence-corrected chi connectivity index (χ0v) is 11.3. The van der Waals surface area contributed by atoms with Crippen molar-refractivity contribution in [2.45, 2.75) is 47.8 Å². The molecule has 0 saturated carbocycles. The summed E-state index contributed by atoms with van der Waals surface area (Å²) in [6, 6.07) is 0. The fourth-order valence-corrected chi connectivity index (χ4v) is 1.21. The van der Waals surface area contributed by atoms with Crippen molar-refractivity contribution < 1.29 is 84.8 Å². The Morgan fingerprint density at radius 1 is 0.370 bits per heavy atom. The summed E-state index contributed by atoms with van der Waals surface area (Å²) in [5, 5.41) is 7.24. The minimum Gasteiger partial charge on any atom is -0.246 e. The molecule has 164 valence electrons. The monoisotopic (exact) mass is 452 g/mol. The van der Waals surface area contributed by atoms with Crippen molar-refractivity contribution in [1.82, 2.24) is 0 Å². The molecule has 0 radical (unpaired) electrons. The molecule has 1 N–H and O–H groups in total. The number of hydrogen-bond acceptors (Lipinski definition) is 2. The van der Waals surface area contributed by atoms with Gasteiger partial charge in [-0.15, -0.1) is 0 Å². The molecule has 0 heterocycles. The maximum absolute atomic E-state index is 12.9. The molecule has 19 heteroatoms. The van der Waals surface area contributed by atoms with Crippen LogP contribution in [0.25, 0.3) is 0 Å². The molecule has 0 unspecified atom stereocenters. The maximum atomic E-state index is 12.9. The van der Waals surface area contributed by atoms with Crippen molar-refractivity contribution in [1.29, 1.82) is 0 Å². The second-order valence-electron chi connectivity index (χ2n) is 4.55. The van der Waals surface area contributed by atoms with E-state index >= 15 is 0 Å². The van der Waals surface area contributed by atoms with E-state index in [0.29, 0.717) is 0 Å². The molecule has 0 aromatic carbocycles. The molecular formula is C8HF17O2. The Labute approximate surface area is 134 Å². The molecule has 0 saturated heterocycles. The predicted octanol–water partition coefficient (Wildman–Crippen LogP) is 5.44. The topological polar surface area (TPSA) is 29.5 Å². The van der Waals surface area contributed by atoms with Gasteiger partial charge in [0.05, 0.1) is 0 Å². The number of alkyl halides is 17. The summed E-state index contributed by atoms with van der Waals surface area (Å²) in [4.78, 5) is 1.35. The van der Waals surface area contributed by atoms with E-state index in [0.717, 1.165) is 0 Å². The van der Waals surface area contributed by atoms with Gasteiger partial charge in [-0.25, -0.2) is 5.26 Å². The molecule has 0 aliphatic heterocycles. The highest BCUT2D eigenvalue weighted by atomic mass is 19.4. The van der Waals surface area contributed by atoms with E-state index in [1.807, 2.05) is 0 Å². The van der Waals surface area contributed by atoms with Crippen molar-refractivity contribution in [2.24, 2.45) is 0 Å². The van der Waals surface area contributed by atoms with Crippen LogP contribution in [0.3, 0.4) is 0 Å². The van der Waals surface area contributed by atoms with Crippen LogP contribution >= 0.6 is 0 Å². The lowest BCUT2D eigenvalue weighted by molar-refractivity contribution is -0.516. The summed E-state index contributed by atoms with van der Waals surface area (Å²) < 4.78 is 213. The first-order valence-corrected chi connectivity index (χ1v) is 5.35. The first kappa shape index (κ1) is 25.7. The van der Waals surface area contributed by atoms with Gasteiger partial charge in [-0.1, -0.05) is 0 Å². The molecule has 0 aliphatic rings. The van der Waals surface area contributed by atoms with Gasteiger partial charge < -0.3 is 0 Å². The van der Waals surface area contributed by atoms with Gasteiger partial charge in [0.1, 0.15) is 0 Å². The van der Waals surface area contributed by atoms with Gasteiger partial charge in [0.25, 0.3) is 0 Å². The Morgan fingerprint density at radius 2 is 0.593 bits per heavy atom. The average molecular weight is 452 g/mol. The molecule has 0 fully saturated rings. The smallest absolute Gasteiger partial charge is 0.246 e. The van der Waals surface area contributed by atoms with Gasteiger partial charge in [-0.3, -0.25) is 0 Å². The molecule has 0 bridgehead atoms. The van der Waals surface area contributed by atoms with Gasteiger partial charge in [-0.05, 0) is 0 Å². The maximum Gasteiger partial charge on any atom is 0.460 e. The SMILES string of the molecule is OOC(F)(F)C(F)(F)C(F)(F)C(F)(F)C(F)(F)C(F)(F)C(F)(F)C(F)(F)F. The highest BCUT2D eigenvalue weighted by molar-refractivity contribution is 5.14. The van der Waals surface area contributed by atoms with E-state index in [4.69, 9.17) is 5.26 Å². The van der Waals surface area contributed by atoms with Crippen LogP contribution in [0.15, 0.2) is 0 Å². The van der Waals surface area contributed by atoms with Crippen molar-refractivity contribution >= 4 is 0 Å². The summed E-state index contributed by atoms with van der Waals surface area (Å²) in [5.41, 5.74) is 0. The van der Waals surface area contributed by atoms with Crippen LogP contribution in [-0.4, -0.2) is 53.1 Å². The minimum atomic E-state index is -8.70. The lowest BCUT2D eigenvalue weighted by Gasteiger charge is -2.42. The van der Waals surface area contributed by atoms with E-state index in [1.165, 1.54) is 4.89 Å². The van der Waals surface area contributed by atoms with Gasteiger partial charge in [0.15, 0.2) is 0 Å². The zero-order chi connectivity index (χ0) is 22.7. The highest BCUT2D eigenvalue weighted by Crippen LogP contribution is 2.63. The largest absolute Gasteiger partial charge is 0.460 e. The molecule has 2 nitrogen and oxygen atoms in total. The molecule has 0 aromatic heterocycles. The fourth-order valence-electron chi connectivity index (χ4n) is 1.21. The molecule has 0 atom stereocenters. The minimum absolute atomic E-state index is 1.35. The molecular weight excluding hydrogens is 451 g/mol. The van der Waals surface area contributed by atoms with E-state index in [2.05, 4.69) is 0 Å². The number of rotatable bonds is 7. The first-order valence-electron chi connectivity index (χ1n) is 5.35. The van der Waals surface area contributed by atoms with Crippen LogP contribution in [0.1, 0.15) is 0 Å². The van der Waals surface area contributed by atoms with Gasteiger partial charge in [-0.2, -0.15) is 79.5 Å². The molecule has 27 heavy (non-hydrogen) atoms. The van der Waals surface area contributed by atoms with E-state index < -0.39 is 47.8 Å². The summed E-state index contributed by atoms with van der Waals surface area (Å²) in [5.74, 6) is -50.6. The molecule has 0 aliphatic carbocycles. The summed E-state index contributed by atoms with van der Waals surface area (Å²) in [6.45, 7) is 0. The molecule has 0 rings (SSSR count). The zero-order valence-electron chi connectivity index (χ0n) is 11.3. The van der Waals surface area contributed by atoms with Gasteiger partial charge in [0, 0.05) is 0 Å². The standard InChI is InChI=1S/C8HF17O2/c9-1(10,3(13,14)5(17,18)7(21,22)23)2(11,12)4(15,16)6(19,20)8(24,25)27-26/h26H. The van der Waals surface area contributed by atoms with Crippen molar-refractivity contribution in [3.8, 4) is 0 Å². The summed E-state index contributed by atoms with van der Waals surface area (Å²) in [7, 11) is 0. The van der Waals surface area contributed by atoms with Crippen LogP contribution < -0.4 is 0 Å². The Morgan fingerprint density at radius 3 is 0.815 bits per heavy atom. The molecule has 0 amide bonds. The van der Waals surface area contributed by atoms with Crippen molar-refractivity contribution in [3.05, 3.63) is 0 Å². The Balaban J connectivity index is 6.65. The number of hydrogen-bond donors (Lipinski definition) is 1.